The Hall–Kier alpha value is -9.54. The van der Waals surface area contributed by atoms with Crippen LogP contribution in [0.25, 0.3) is 22.3 Å². The zero-order valence-electron chi connectivity index (χ0n) is 52.1. The molecule has 18 nitrogen and oxygen atoms in total. The van der Waals surface area contributed by atoms with Crippen molar-refractivity contribution in [2.24, 2.45) is 0 Å². The molecule has 92 heavy (non-hydrogen) atoms. The lowest BCUT2D eigenvalue weighted by atomic mass is 10.0. The van der Waals surface area contributed by atoms with Crippen molar-refractivity contribution in [3.05, 3.63) is 215 Å². The summed E-state index contributed by atoms with van der Waals surface area (Å²) in [4.78, 5) is 69.7. The van der Waals surface area contributed by atoms with Crippen LogP contribution in [0.1, 0.15) is 78.2 Å². The van der Waals surface area contributed by atoms with Crippen LogP contribution in [0.15, 0.2) is 180 Å². The lowest BCUT2D eigenvalue weighted by Gasteiger charge is -2.32. The van der Waals surface area contributed by atoms with Crippen LogP contribution < -0.4 is 29.9 Å². The van der Waals surface area contributed by atoms with Crippen LogP contribution in [-0.2, 0) is 32.5 Å². The van der Waals surface area contributed by atoms with E-state index < -0.39 is 49.0 Å². The van der Waals surface area contributed by atoms with E-state index in [1.807, 2.05) is 98.7 Å². The first-order valence-electron chi connectivity index (χ1n) is 30.1. The molecule has 8 aromatic rings. The molecule has 6 aromatic carbocycles. The van der Waals surface area contributed by atoms with Crippen molar-refractivity contribution in [3.63, 3.8) is 0 Å². The van der Waals surface area contributed by atoms with E-state index >= 15 is 0 Å². The number of piperidine rings is 2. The minimum Gasteiger partial charge on any atom is -0.474 e. The van der Waals surface area contributed by atoms with E-state index in [1.54, 1.807) is 82.9 Å². The molecule has 2 aliphatic heterocycles. The third kappa shape index (κ3) is 17.9. The van der Waals surface area contributed by atoms with E-state index in [2.05, 4.69) is 20.6 Å². The van der Waals surface area contributed by atoms with Crippen LogP contribution >= 0.6 is 0 Å². The molecule has 2 saturated heterocycles. The van der Waals surface area contributed by atoms with Gasteiger partial charge in [-0.1, -0.05) is 48.5 Å². The summed E-state index contributed by atoms with van der Waals surface area (Å²) < 4.78 is 87.4. The van der Waals surface area contributed by atoms with Crippen molar-refractivity contribution >= 4 is 54.7 Å². The minimum absolute atomic E-state index is 0.0153. The molecular weight excluding hydrogens is 1210 g/mol. The van der Waals surface area contributed by atoms with Gasteiger partial charge in [-0.2, -0.15) is 0 Å². The Balaban J connectivity index is 0.000000217. The molecule has 2 aliphatic rings. The number of nitrogens with one attached hydrogen (secondary N) is 2. The molecule has 0 atom stereocenters. The Morgan fingerprint density at radius 1 is 0.467 bits per heavy atom. The van der Waals surface area contributed by atoms with Crippen LogP contribution in [0.2, 0.25) is 0 Å². The summed E-state index contributed by atoms with van der Waals surface area (Å²) in [5.41, 5.74) is 7.95. The molecule has 4 amide bonds. The molecule has 2 aromatic heterocycles. The van der Waals surface area contributed by atoms with E-state index in [4.69, 9.17) is 9.47 Å². The Morgan fingerprint density at radius 2 is 0.826 bits per heavy atom. The summed E-state index contributed by atoms with van der Waals surface area (Å²) in [6.07, 6.45) is 8.80. The van der Waals surface area contributed by atoms with Crippen molar-refractivity contribution in [1.82, 2.24) is 30.4 Å². The summed E-state index contributed by atoms with van der Waals surface area (Å²) >= 11 is 0. The van der Waals surface area contributed by atoms with Gasteiger partial charge in [-0.05, 0) is 132 Å². The fourth-order valence-corrected chi connectivity index (χ4v) is 11.9. The number of carbonyl (C=O) groups is 4. The molecule has 2 N–H and O–H groups in total. The Bertz CT molecular complexity index is 4110. The number of nitrogens with zero attached hydrogens (tertiary/aromatic N) is 6. The standard InChI is InChI=1S/2C35H37FN4O5S/c1-39(2)28-10-4-24(5-11-28)16-19-37-34(41)32-22-27(36)9-14-31(32)35(42)40-20-17-29(18-21-40)45-33-15-8-26(23-38-33)25-6-12-30(13-7-25)46(3,43)44;1-39(2)28-10-4-24(5-11-28)16-19-37-34(41)31-14-9-27(36)22-32(31)35(42)40-20-17-29(18-21-40)45-33-15-8-26(23-38-33)25-6-12-30(13-7-25)46(3,43)44/h2*4-15,22-23,29H,16-21H2,1-3H3,(H,37,41). The highest BCUT2D eigenvalue weighted by Gasteiger charge is 2.30. The molecule has 0 saturated carbocycles. The largest absolute Gasteiger partial charge is 0.474 e. The molecular formula is C70H74F2N8O10S2. The van der Waals surface area contributed by atoms with Crippen LogP contribution in [0.4, 0.5) is 20.2 Å². The SMILES string of the molecule is CN(C)c1ccc(CCNC(=O)c2cc(F)ccc2C(=O)N2CCC(Oc3ccc(-c4ccc(S(C)(=O)=O)cc4)cn3)CC2)cc1.CN(C)c1ccc(CCNC(=O)c2ccc(F)cc2C(=O)N2CCC(Oc3ccc(-c4ccc(S(C)(=O)=O)cc4)cn3)CC2)cc1. The number of likely N-dealkylation sites (tertiary alicyclic amines) is 2. The summed E-state index contributed by atoms with van der Waals surface area (Å²) in [5, 5.41) is 5.70. The van der Waals surface area contributed by atoms with Gasteiger partial charge in [0.05, 0.1) is 32.0 Å². The average Bonchev–Trinajstić information content (AvgIpc) is 0.912. The molecule has 2 fully saturated rings. The monoisotopic (exact) mass is 1290 g/mol. The number of pyridine rings is 2. The lowest BCUT2D eigenvalue weighted by Crippen LogP contribution is -2.42. The maximum absolute atomic E-state index is 14.2. The molecule has 4 heterocycles. The van der Waals surface area contributed by atoms with Gasteiger partial charge in [0.1, 0.15) is 23.8 Å². The normalized spacial score (nSPS) is 13.7. The number of benzene rings is 6. The average molecular weight is 1290 g/mol. The van der Waals surface area contributed by atoms with Crippen LogP contribution in [0, 0.1) is 11.6 Å². The number of hydrogen-bond donors (Lipinski definition) is 2. The maximum Gasteiger partial charge on any atom is 0.254 e. The number of aromatic nitrogens is 2. The van der Waals surface area contributed by atoms with Gasteiger partial charge >= 0.3 is 0 Å². The fraction of sp³-hybridized carbons (Fsp3) is 0.286. The molecule has 0 radical (unpaired) electrons. The number of hydrogen-bond acceptors (Lipinski definition) is 14. The maximum atomic E-state index is 14.2. The molecule has 0 bridgehead atoms. The van der Waals surface area contributed by atoms with Crippen LogP contribution in [0.5, 0.6) is 11.8 Å². The number of ether oxygens (including phenoxy) is 2. The third-order valence-electron chi connectivity index (χ3n) is 16.0. The molecule has 0 spiro atoms. The van der Waals surface area contributed by atoms with E-state index in [1.165, 1.54) is 36.8 Å². The van der Waals surface area contributed by atoms with Crippen molar-refractivity contribution in [1.29, 1.82) is 0 Å². The highest BCUT2D eigenvalue weighted by Crippen LogP contribution is 2.28. The number of carbonyl (C=O) groups excluding carboxylic acids is 4. The molecule has 0 aliphatic carbocycles. The quantitative estimate of drug-likeness (QED) is 0.0726. The zero-order valence-corrected chi connectivity index (χ0v) is 53.8. The van der Waals surface area contributed by atoms with E-state index in [-0.39, 0.29) is 50.2 Å². The van der Waals surface area contributed by atoms with Gasteiger partial charge in [-0.15, -0.1) is 0 Å². The second-order valence-corrected chi connectivity index (χ2v) is 27.1. The first-order valence-corrected chi connectivity index (χ1v) is 33.9. The fourth-order valence-electron chi connectivity index (χ4n) is 10.6. The topological polar surface area (TPSA) is 218 Å². The van der Waals surface area contributed by atoms with Gasteiger partial charge in [0.15, 0.2) is 19.7 Å². The van der Waals surface area contributed by atoms with Gasteiger partial charge in [-0.25, -0.2) is 35.6 Å². The summed E-state index contributed by atoms with van der Waals surface area (Å²) in [5.74, 6) is -1.91. The van der Waals surface area contributed by atoms with Crippen LogP contribution in [-0.4, -0.2) is 152 Å². The van der Waals surface area contributed by atoms with Gasteiger partial charge in [0.25, 0.3) is 23.6 Å². The smallest absolute Gasteiger partial charge is 0.254 e. The van der Waals surface area contributed by atoms with Gasteiger partial charge < -0.3 is 39.7 Å². The van der Waals surface area contributed by atoms with Gasteiger partial charge in [0, 0.05) is 153 Å². The third-order valence-corrected chi connectivity index (χ3v) is 18.2. The minimum atomic E-state index is -3.27. The molecule has 10 rings (SSSR count). The van der Waals surface area contributed by atoms with Crippen molar-refractivity contribution < 1.29 is 54.3 Å². The Morgan fingerprint density at radius 3 is 1.20 bits per heavy atom. The highest BCUT2D eigenvalue weighted by atomic mass is 32.2. The molecule has 0 unspecified atom stereocenters. The number of anilines is 2. The second-order valence-electron chi connectivity index (χ2n) is 23.1. The van der Waals surface area contributed by atoms with E-state index in [0.717, 1.165) is 56.9 Å². The first-order chi connectivity index (χ1) is 43.9. The Kier molecular flexibility index (Phi) is 21.8. The van der Waals surface area contributed by atoms with E-state index in [0.29, 0.717) is 89.6 Å². The summed E-state index contributed by atoms with van der Waals surface area (Å²) in [7, 11) is 1.34. The van der Waals surface area contributed by atoms with Crippen LogP contribution in [0.3, 0.4) is 0 Å². The van der Waals surface area contributed by atoms with Crippen molar-refractivity contribution in [2.75, 3.05) is 89.8 Å². The second kappa shape index (κ2) is 30.1. The van der Waals surface area contributed by atoms with E-state index in [9.17, 15) is 44.8 Å². The predicted octanol–water partition coefficient (Wildman–Crippen LogP) is 10.0. The highest BCUT2D eigenvalue weighted by molar-refractivity contribution is 7.91. The molecule has 22 heteroatoms. The Labute approximate surface area is 536 Å². The lowest BCUT2D eigenvalue weighted by molar-refractivity contribution is 0.0577. The summed E-state index contributed by atoms with van der Waals surface area (Å²) in [6, 6.07) is 43.9. The number of halogens is 2. The zero-order chi connectivity index (χ0) is 65.7. The van der Waals surface area contributed by atoms with Crippen molar-refractivity contribution in [2.45, 2.75) is 60.5 Å². The van der Waals surface area contributed by atoms with Crippen molar-refractivity contribution in [3.8, 4) is 34.0 Å². The number of sulfone groups is 2. The van der Waals surface area contributed by atoms with Gasteiger partial charge in [-0.3, -0.25) is 19.2 Å². The summed E-state index contributed by atoms with van der Waals surface area (Å²) in [6.45, 7) is 2.31. The molecule has 480 valence electrons. The first kappa shape index (κ1) is 66.9. The number of rotatable bonds is 20. The number of amides is 4. The van der Waals surface area contributed by atoms with Gasteiger partial charge in [0.2, 0.25) is 11.8 Å². The predicted molar refractivity (Wildman–Crippen MR) is 351 cm³/mol.